The molecular weight excluding hydrogens is 724 g/mol. The molecule has 2 aliphatic heterocycles. The third-order valence-electron chi connectivity index (χ3n) is 12.9. The van der Waals surface area contributed by atoms with Gasteiger partial charge in [-0.15, -0.1) is 0 Å². The maximum Gasteiger partial charge on any atom is 0.481 e. The Morgan fingerprint density at radius 2 is 1.77 bits per heavy atom. The number of amides is 3. The zero-order chi connectivity index (χ0) is 39.8. The van der Waals surface area contributed by atoms with Crippen molar-refractivity contribution in [3.63, 3.8) is 0 Å². The predicted molar refractivity (Wildman–Crippen MR) is 207 cm³/mol. The molecular formula is C41H46BF3N6O5. The summed E-state index contributed by atoms with van der Waals surface area (Å²) in [6, 6.07) is 16.3. The lowest BCUT2D eigenvalue weighted by Gasteiger charge is -2.64. The number of carbonyl (C=O) groups is 2. The van der Waals surface area contributed by atoms with Gasteiger partial charge in [0.25, 0.3) is 5.56 Å². The Morgan fingerprint density at radius 1 is 1.02 bits per heavy atom. The highest BCUT2D eigenvalue weighted by Crippen LogP contribution is 2.65. The molecule has 3 aromatic carbocycles. The predicted octanol–water partition coefficient (Wildman–Crippen LogP) is 7.17. The summed E-state index contributed by atoms with van der Waals surface area (Å²) in [6.07, 6.45) is -0.883. The van der Waals surface area contributed by atoms with Gasteiger partial charge in [0.2, 0.25) is 5.91 Å². The molecule has 3 amide bonds. The zero-order valence-electron chi connectivity index (χ0n) is 32.0. The molecule has 7 atom stereocenters. The number of nitrogens with zero attached hydrogens (tertiary/aromatic N) is 2. The van der Waals surface area contributed by atoms with Crippen LogP contribution in [0.25, 0.3) is 10.8 Å². The third kappa shape index (κ3) is 6.42. The van der Waals surface area contributed by atoms with E-state index in [1.54, 1.807) is 13.0 Å². The molecule has 294 valence electrons. The van der Waals surface area contributed by atoms with Crippen molar-refractivity contribution in [2.24, 2.45) is 17.3 Å². The summed E-state index contributed by atoms with van der Waals surface area (Å²) in [5.41, 5.74) is -2.18. The van der Waals surface area contributed by atoms with E-state index >= 15 is 0 Å². The fourth-order valence-electron chi connectivity index (χ4n) is 9.68. The quantitative estimate of drug-likeness (QED) is 0.133. The average molecular weight is 771 g/mol. The van der Waals surface area contributed by atoms with Crippen LogP contribution in [0, 0.1) is 17.3 Å². The SMILES string of the molecule is CC[C@H](NC(=O)[C@@H]1C[C@@](C)(NC(=O)Nc2cccc3ccccc23)c2ncc(NCc3cccc(C(F)(F)F)c3)c(=O)n21)B1O[C@@H]2C[C@@H]3C[C@@H](C3(C)C)[C@]2(C)O1. The van der Waals surface area contributed by atoms with Gasteiger partial charge in [0.1, 0.15) is 17.6 Å². The number of alkyl halides is 3. The molecule has 3 heterocycles. The number of benzene rings is 3. The largest absolute Gasteiger partial charge is 0.481 e. The third-order valence-corrected chi connectivity index (χ3v) is 12.9. The molecule has 1 saturated heterocycles. The van der Waals surface area contributed by atoms with Gasteiger partial charge in [0.05, 0.1) is 40.6 Å². The van der Waals surface area contributed by atoms with Crippen molar-refractivity contribution < 1.29 is 32.1 Å². The van der Waals surface area contributed by atoms with Gasteiger partial charge in [-0.2, -0.15) is 13.2 Å². The van der Waals surface area contributed by atoms with Gasteiger partial charge < -0.3 is 30.6 Å². The molecule has 3 aliphatic carbocycles. The van der Waals surface area contributed by atoms with Crippen molar-refractivity contribution in [3.05, 3.63) is 100 Å². The number of carbonyl (C=O) groups excluding carboxylic acids is 2. The summed E-state index contributed by atoms with van der Waals surface area (Å²) >= 11 is 0. The van der Waals surface area contributed by atoms with Crippen molar-refractivity contribution in [2.75, 3.05) is 10.6 Å². The summed E-state index contributed by atoms with van der Waals surface area (Å²) in [5.74, 6) is 0.0264. The number of aromatic nitrogens is 2. The molecule has 0 unspecified atom stereocenters. The molecule has 2 bridgehead atoms. The molecule has 15 heteroatoms. The summed E-state index contributed by atoms with van der Waals surface area (Å²) in [7, 11) is -0.693. The second kappa shape index (κ2) is 13.6. The fourth-order valence-corrected chi connectivity index (χ4v) is 9.68. The number of fused-ring (bicyclic) bond motifs is 2. The van der Waals surface area contributed by atoms with Crippen LogP contribution in [0.15, 0.2) is 77.7 Å². The molecule has 56 heavy (non-hydrogen) atoms. The van der Waals surface area contributed by atoms with E-state index in [2.05, 4.69) is 47.0 Å². The number of halogens is 3. The first-order chi connectivity index (χ1) is 26.5. The minimum absolute atomic E-state index is 0.0117. The van der Waals surface area contributed by atoms with Gasteiger partial charge in [0.15, 0.2) is 0 Å². The summed E-state index contributed by atoms with van der Waals surface area (Å²) in [4.78, 5) is 47.0. The van der Waals surface area contributed by atoms with Crippen LogP contribution < -0.4 is 26.8 Å². The van der Waals surface area contributed by atoms with E-state index in [9.17, 15) is 27.6 Å². The van der Waals surface area contributed by atoms with Crippen LogP contribution in [0.5, 0.6) is 0 Å². The van der Waals surface area contributed by atoms with Gasteiger partial charge in [-0.25, -0.2) is 9.78 Å². The van der Waals surface area contributed by atoms with Crippen molar-refractivity contribution in [1.82, 2.24) is 20.2 Å². The molecule has 4 fully saturated rings. The Balaban J connectivity index is 1.07. The summed E-state index contributed by atoms with van der Waals surface area (Å²) in [5, 5.41) is 13.7. The lowest BCUT2D eigenvalue weighted by atomic mass is 9.43. The Morgan fingerprint density at radius 3 is 2.52 bits per heavy atom. The van der Waals surface area contributed by atoms with E-state index in [1.807, 2.05) is 43.3 Å². The Hall–Kier alpha value is -4.89. The van der Waals surface area contributed by atoms with Crippen LogP contribution in [0.3, 0.4) is 0 Å². The van der Waals surface area contributed by atoms with Gasteiger partial charge in [-0.1, -0.05) is 69.3 Å². The summed E-state index contributed by atoms with van der Waals surface area (Å²) in [6.45, 7) is 10.2. The molecule has 9 rings (SSSR count). The first-order valence-corrected chi connectivity index (χ1v) is 19.2. The molecule has 11 nitrogen and oxygen atoms in total. The van der Waals surface area contributed by atoms with Crippen LogP contribution in [0.4, 0.5) is 29.3 Å². The average Bonchev–Trinajstić information content (AvgIpc) is 3.67. The van der Waals surface area contributed by atoms with Gasteiger partial charge in [-0.3, -0.25) is 14.2 Å². The Kier molecular flexibility index (Phi) is 9.26. The molecule has 1 aromatic heterocycles. The van der Waals surface area contributed by atoms with Crippen molar-refractivity contribution in [1.29, 1.82) is 0 Å². The topological polar surface area (TPSA) is 136 Å². The van der Waals surface area contributed by atoms with Crippen LogP contribution in [-0.4, -0.2) is 46.3 Å². The second-order valence-corrected chi connectivity index (χ2v) is 16.7. The fraction of sp³-hybridized carbons (Fsp3) is 0.463. The van der Waals surface area contributed by atoms with Gasteiger partial charge >= 0.3 is 19.3 Å². The second-order valence-electron chi connectivity index (χ2n) is 16.7. The molecule has 3 saturated carbocycles. The van der Waals surface area contributed by atoms with Crippen molar-refractivity contribution in [2.45, 2.75) is 102 Å². The number of anilines is 2. The Bertz CT molecular complexity index is 2260. The van der Waals surface area contributed by atoms with E-state index in [0.717, 1.165) is 35.7 Å². The van der Waals surface area contributed by atoms with E-state index in [-0.39, 0.29) is 36.0 Å². The lowest BCUT2D eigenvalue weighted by Crippen LogP contribution is -2.65. The standard InChI is InChI=1S/C41H46BF3N6O5/c1-6-33(42-55-32-19-26-18-31(38(26,2)3)40(32,5)56-42)49-34(52)30-20-39(4,50-37(54)48-28-16-10-13-24-12-7-8-15-27(24)28)36-47-22-29(35(53)51(30)36)46-21-23-11-9-14-25(17-23)41(43,44)45/h7-17,22,26,30-33,46H,6,18-21H2,1-5H3,(H,49,52)(H2,48,50,54)/t26-,30-,31-,32+,33-,39+,40-/m0/s1. The molecule has 0 radical (unpaired) electrons. The van der Waals surface area contributed by atoms with E-state index in [4.69, 9.17) is 9.31 Å². The number of hydrogen-bond donors (Lipinski definition) is 4. The molecule has 5 aliphatic rings. The van der Waals surface area contributed by atoms with Gasteiger partial charge in [-0.05, 0) is 79.5 Å². The highest BCUT2D eigenvalue weighted by atomic mass is 19.4. The normalized spacial score (nSPS) is 27.8. The van der Waals surface area contributed by atoms with E-state index in [1.165, 1.54) is 22.9 Å². The highest BCUT2D eigenvalue weighted by Gasteiger charge is 2.68. The zero-order valence-corrected chi connectivity index (χ0v) is 32.0. The van der Waals surface area contributed by atoms with Crippen LogP contribution >= 0.6 is 0 Å². The molecule has 0 spiro atoms. The maximum absolute atomic E-state index is 14.4. The minimum atomic E-state index is -4.53. The summed E-state index contributed by atoms with van der Waals surface area (Å²) < 4.78 is 54.7. The van der Waals surface area contributed by atoms with E-state index < -0.39 is 59.5 Å². The van der Waals surface area contributed by atoms with Crippen LogP contribution in [-0.2, 0) is 32.4 Å². The lowest BCUT2D eigenvalue weighted by molar-refractivity contribution is -0.199. The maximum atomic E-state index is 14.4. The number of urea groups is 1. The Labute approximate surface area is 323 Å². The van der Waals surface area contributed by atoms with E-state index in [0.29, 0.717) is 29.5 Å². The van der Waals surface area contributed by atoms with Crippen molar-refractivity contribution >= 4 is 41.2 Å². The van der Waals surface area contributed by atoms with Crippen LogP contribution in [0.1, 0.15) is 83.3 Å². The minimum Gasteiger partial charge on any atom is -0.404 e. The van der Waals surface area contributed by atoms with Crippen LogP contribution in [0.2, 0.25) is 0 Å². The first-order valence-electron chi connectivity index (χ1n) is 19.2. The number of hydrogen-bond acceptors (Lipinski definition) is 7. The first kappa shape index (κ1) is 38.0. The monoisotopic (exact) mass is 770 g/mol. The molecule has 4 aromatic rings. The number of nitrogens with one attached hydrogen (secondary N) is 4. The molecule has 4 N–H and O–H groups in total. The highest BCUT2D eigenvalue weighted by molar-refractivity contribution is 6.47. The smallest absolute Gasteiger partial charge is 0.404 e. The number of rotatable bonds is 9. The van der Waals surface area contributed by atoms with Crippen molar-refractivity contribution in [3.8, 4) is 0 Å². The van der Waals surface area contributed by atoms with Gasteiger partial charge in [0, 0.05) is 18.4 Å².